The number of urea groups is 1. The number of benzene rings is 2. The van der Waals surface area contributed by atoms with Crippen molar-refractivity contribution in [2.24, 2.45) is 0 Å². The van der Waals surface area contributed by atoms with Crippen LogP contribution >= 0.6 is 0 Å². The van der Waals surface area contributed by atoms with Crippen LogP contribution in [0.1, 0.15) is 24.4 Å². The Kier molecular flexibility index (Phi) is 4.46. The predicted octanol–water partition coefficient (Wildman–Crippen LogP) is 4.20. The Bertz CT molecular complexity index is 705. The number of nitrogens with one attached hydrogen (secondary N) is 1. The van der Waals surface area contributed by atoms with Gasteiger partial charge in [0.05, 0.1) is 13.2 Å². The number of carbonyl (C=O) groups is 1. The van der Waals surface area contributed by atoms with Crippen molar-refractivity contribution in [1.29, 1.82) is 0 Å². The van der Waals surface area contributed by atoms with Gasteiger partial charge < -0.3 is 15.0 Å². The first-order chi connectivity index (χ1) is 11.2. The maximum absolute atomic E-state index is 14.0. The molecule has 3 rings (SSSR count). The van der Waals surface area contributed by atoms with E-state index in [0.29, 0.717) is 23.5 Å². The fourth-order valence-electron chi connectivity index (χ4n) is 2.97. The van der Waals surface area contributed by atoms with Crippen molar-refractivity contribution in [3.8, 4) is 5.75 Å². The minimum Gasteiger partial charge on any atom is -0.497 e. The zero-order chi connectivity index (χ0) is 16.2. The summed E-state index contributed by atoms with van der Waals surface area (Å²) in [6, 6.07) is 13.4. The van der Waals surface area contributed by atoms with Crippen LogP contribution in [0.25, 0.3) is 0 Å². The zero-order valence-electron chi connectivity index (χ0n) is 13.0. The smallest absolute Gasteiger partial charge is 0.322 e. The standard InChI is InChI=1S/C18H19FN2O2/c1-23-14-7-4-6-13(12-14)20-18(22)21-11-5-10-17(21)15-8-2-3-9-16(15)19/h2-4,6-9,12,17H,5,10-11H2,1H3,(H,20,22)/t17-/m0/s1. The van der Waals surface area contributed by atoms with Crippen molar-refractivity contribution in [2.75, 3.05) is 19.0 Å². The lowest BCUT2D eigenvalue weighted by Gasteiger charge is -2.25. The second-order valence-corrected chi connectivity index (χ2v) is 5.54. The van der Waals surface area contributed by atoms with E-state index >= 15 is 0 Å². The van der Waals surface area contributed by atoms with Crippen LogP contribution in [0.4, 0.5) is 14.9 Å². The average Bonchev–Trinajstić information content (AvgIpc) is 3.05. The van der Waals surface area contributed by atoms with Crippen LogP contribution in [-0.4, -0.2) is 24.6 Å². The van der Waals surface area contributed by atoms with Crippen molar-refractivity contribution < 1.29 is 13.9 Å². The molecule has 2 aromatic rings. The van der Waals surface area contributed by atoms with Gasteiger partial charge in [0, 0.05) is 23.9 Å². The first-order valence-corrected chi connectivity index (χ1v) is 7.65. The SMILES string of the molecule is COc1cccc(NC(=O)N2CCC[C@H]2c2ccccc2F)c1. The lowest BCUT2D eigenvalue weighted by molar-refractivity contribution is 0.206. The number of hydrogen-bond acceptors (Lipinski definition) is 2. The minimum absolute atomic E-state index is 0.219. The second kappa shape index (κ2) is 6.69. The van der Waals surface area contributed by atoms with Crippen LogP contribution in [-0.2, 0) is 0 Å². The van der Waals surface area contributed by atoms with E-state index in [0.717, 1.165) is 12.8 Å². The van der Waals surface area contributed by atoms with Crippen LogP contribution < -0.4 is 10.1 Å². The molecule has 1 N–H and O–H groups in total. The summed E-state index contributed by atoms with van der Waals surface area (Å²) >= 11 is 0. The Balaban J connectivity index is 1.77. The number of methoxy groups -OCH3 is 1. The highest BCUT2D eigenvalue weighted by molar-refractivity contribution is 5.90. The van der Waals surface area contributed by atoms with E-state index in [1.165, 1.54) is 6.07 Å². The number of likely N-dealkylation sites (tertiary alicyclic amines) is 1. The molecule has 1 aliphatic heterocycles. The largest absolute Gasteiger partial charge is 0.497 e. The molecule has 120 valence electrons. The van der Waals surface area contributed by atoms with Crippen LogP contribution in [0.5, 0.6) is 5.75 Å². The summed E-state index contributed by atoms with van der Waals surface area (Å²) in [7, 11) is 1.58. The van der Waals surface area contributed by atoms with Crippen LogP contribution in [0, 0.1) is 5.82 Å². The molecular formula is C18H19FN2O2. The highest BCUT2D eigenvalue weighted by Crippen LogP contribution is 2.33. The number of rotatable bonds is 3. The Morgan fingerprint density at radius 2 is 2.09 bits per heavy atom. The van der Waals surface area contributed by atoms with E-state index < -0.39 is 0 Å². The van der Waals surface area contributed by atoms with E-state index in [1.807, 2.05) is 12.1 Å². The molecule has 0 bridgehead atoms. The first-order valence-electron chi connectivity index (χ1n) is 7.65. The molecule has 2 aromatic carbocycles. The fraction of sp³-hybridized carbons (Fsp3) is 0.278. The molecule has 23 heavy (non-hydrogen) atoms. The van der Waals surface area contributed by atoms with Gasteiger partial charge in [-0.25, -0.2) is 9.18 Å². The molecule has 2 amide bonds. The lowest BCUT2D eigenvalue weighted by atomic mass is 10.0. The average molecular weight is 314 g/mol. The molecule has 0 radical (unpaired) electrons. The van der Waals surface area contributed by atoms with Gasteiger partial charge in [0.15, 0.2) is 0 Å². The maximum Gasteiger partial charge on any atom is 0.322 e. The minimum atomic E-state index is -0.265. The molecule has 1 atom stereocenters. The third kappa shape index (κ3) is 3.28. The van der Waals surface area contributed by atoms with Gasteiger partial charge in [-0.3, -0.25) is 0 Å². The van der Waals surface area contributed by atoms with Gasteiger partial charge in [0.1, 0.15) is 11.6 Å². The highest BCUT2D eigenvalue weighted by atomic mass is 19.1. The third-order valence-electron chi connectivity index (χ3n) is 4.10. The summed E-state index contributed by atoms with van der Waals surface area (Å²) < 4.78 is 19.2. The Morgan fingerprint density at radius 1 is 1.26 bits per heavy atom. The molecule has 0 aliphatic carbocycles. The van der Waals surface area contributed by atoms with E-state index in [2.05, 4.69) is 5.32 Å². The first kappa shape index (κ1) is 15.3. The van der Waals surface area contributed by atoms with Crippen LogP contribution in [0.2, 0.25) is 0 Å². The molecule has 1 fully saturated rings. The zero-order valence-corrected chi connectivity index (χ0v) is 13.0. The molecule has 0 unspecified atom stereocenters. The van der Waals surface area contributed by atoms with Crippen molar-refractivity contribution >= 4 is 11.7 Å². The topological polar surface area (TPSA) is 41.6 Å². The van der Waals surface area contributed by atoms with Crippen molar-refractivity contribution in [3.05, 3.63) is 59.9 Å². The molecule has 5 heteroatoms. The van der Waals surface area contributed by atoms with Crippen LogP contribution in [0.3, 0.4) is 0 Å². The third-order valence-corrected chi connectivity index (χ3v) is 4.10. The number of nitrogens with zero attached hydrogens (tertiary/aromatic N) is 1. The van der Waals surface area contributed by atoms with Crippen molar-refractivity contribution in [3.63, 3.8) is 0 Å². The monoisotopic (exact) mass is 314 g/mol. The quantitative estimate of drug-likeness (QED) is 0.922. The van der Waals surface area contributed by atoms with E-state index in [-0.39, 0.29) is 17.9 Å². The Labute approximate surface area is 134 Å². The normalized spacial score (nSPS) is 17.1. The fourth-order valence-corrected chi connectivity index (χ4v) is 2.97. The van der Waals surface area contributed by atoms with Gasteiger partial charge in [-0.15, -0.1) is 0 Å². The van der Waals surface area contributed by atoms with Gasteiger partial charge >= 0.3 is 6.03 Å². The van der Waals surface area contributed by atoms with Crippen molar-refractivity contribution in [2.45, 2.75) is 18.9 Å². The number of hydrogen-bond donors (Lipinski definition) is 1. The molecule has 1 aliphatic rings. The molecular weight excluding hydrogens is 295 g/mol. The summed E-state index contributed by atoms with van der Waals surface area (Å²) in [4.78, 5) is 14.3. The molecule has 0 saturated carbocycles. The Morgan fingerprint density at radius 3 is 2.87 bits per heavy atom. The summed E-state index contributed by atoms with van der Waals surface area (Å²) in [5.74, 6) is 0.411. The number of ether oxygens (including phenoxy) is 1. The number of carbonyl (C=O) groups excluding carboxylic acids is 1. The summed E-state index contributed by atoms with van der Waals surface area (Å²) in [6.45, 7) is 0.620. The predicted molar refractivity (Wildman–Crippen MR) is 87.1 cm³/mol. The van der Waals surface area contributed by atoms with Crippen molar-refractivity contribution in [1.82, 2.24) is 4.90 Å². The summed E-state index contributed by atoms with van der Waals surface area (Å²) in [6.07, 6.45) is 1.64. The Hall–Kier alpha value is -2.56. The highest BCUT2D eigenvalue weighted by Gasteiger charge is 2.31. The summed E-state index contributed by atoms with van der Waals surface area (Å²) in [5, 5.41) is 2.86. The molecule has 1 saturated heterocycles. The second-order valence-electron chi connectivity index (χ2n) is 5.54. The maximum atomic E-state index is 14.0. The van der Waals surface area contributed by atoms with E-state index in [1.54, 1.807) is 42.3 Å². The molecule has 4 nitrogen and oxygen atoms in total. The van der Waals surface area contributed by atoms with Gasteiger partial charge in [-0.2, -0.15) is 0 Å². The summed E-state index contributed by atoms with van der Waals surface area (Å²) in [5.41, 5.74) is 1.24. The molecule has 1 heterocycles. The molecule has 0 aromatic heterocycles. The van der Waals surface area contributed by atoms with Gasteiger partial charge in [0.2, 0.25) is 0 Å². The van der Waals surface area contributed by atoms with E-state index in [9.17, 15) is 9.18 Å². The van der Waals surface area contributed by atoms with Gasteiger partial charge in [0.25, 0.3) is 0 Å². The van der Waals surface area contributed by atoms with Gasteiger partial charge in [-0.05, 0) is 31.0 Å². The number of amides is 2. The molecule has 0 spiro atoms. The lowest BCUT2D eigenvalue weighted by Crippen LogP contribution is -2.34. The number of anilines is 1. The van der Waals surface area contributed by atoms with E-state index in [4.69, 9.17) is 4.74 Å². The van der Waals surface area contributed by atoms with Gasteiger partial charge in [-0.1, -0.05) is 24.3 Å². The number of halogens is 1. The van der Waals surface area contributed by atoms with Crippen LogP contribution in [0.15, 0.2) is 48.5 Å².